The van der Waals surface area contributed by atoms with Gasteiger partial charge in [-0.3, -0.25) is 9.69 Å². The summed E-state index contributed by atoms with van der Waals surface area (Å²) < 4.78 is 5.38. The quantitative estimate of drug-likeness (QED) is 0.785. The molecular formula is C12H24ClN3O2. The minimum atomic E-state index is -0.371. The maximum Gasteiger partial charge on any atom is 0.239 e. The number of piperazine rings is 1. The molecule has 1 amide bonds. The van der Waals surface area contributed by atoms with Crippen LogP contribution in [0.25, 0.3) is 0 Å². The van der Waals surface area contributed by atoms with E-state index in [1.165, 1.54) is 6.42 Å². The fourth-order valence-corrected chi connectivity index (χ4v) is 2.53. The van der Waals surface area contributed by atoms with Gasteiger partial charge >= 0.3 is 0 Å². The van der Waals surface area contributed by atoms with Crippen LogP contribution in [-0.2, 0) is 9.53 Å². The van der Waals surface area contributed by atoms with Gasteiger partial charge in [-0.2, -0.15) is 0 Å². The van der Waals surface area contributed by atoms with Crippen molar-refractivity contribution >= 4 is 18.3 Å². The van der Waals surface area contributed by atoms with Crippen molar-refractivity contribution in [1.82, 2.24) is 9.80 Å². The summed E-state index contributed by atoms with van der Waals surface area (Å²) in [5.74, 6) is 0.763. The van der Waals surface area contributed by atoms with Crippen LogP contribution < -0.4 is 5.73 Å². The minimum absolute atomic E-state index is 0. The highest BCUT2D eigenvalue weighted by molar-refractivity contribution is 5.85. The number of ether oxygens (including phenoxy) is 1. The molecule has 2 aliphatic heterocycles. The number of hydrogen-bond donors (Lipinski definition) is 1. The molecule has 0 spiro atoms. The topological polar surface area (TPSA) is 58.8 Å². The lowest BCUT2D eigenvalue weighted by Gasteiger charge is -2.36. The molecule has 2 unspecified atom stereocenters. The number of nitrogens with two attached hydrogens (primary N) is 1. The van der Waals surface area contributed by atoms with Gasteiger partial charge in [0, 0.05) is 39.3 Å². The van der Waals surface area contributed by atoms with E-state index in [1.807, 2.05) is 4.90 Å². The van der Waals surface area contributed by atoms with E-state index >= 15 is 0 Å². The van der Waals surface area contributed by atoms with Crippen LogP contribution in [0.15, 0.2) is 0 Å². The minimum Gasteiger partial charge on any atom is -0.381 e. The van der Waals surface area contributed by atoms with E-state index in [1.54, 1.807) is 6.92 Å². The van der Waals surface area contributed by atoms with Gasteiger partial charge < -0.3 is 15.4 Å². The number of carbonyl (C=O) groups is 1. The first-order chi connectivity index (χ1) is 8.16. The van der Waals surface area contributed by atoms with Crippen LogP contribution in [0.5, 0.6) is 0 Å². The summed E-state index contributed by atoms with van der Waals surface area (Å²) >= 11 is 0. The molecule has 6 heteroatoms. The first-order valence-corrected chi connectivity index (χ1v) is 6.51. The maximum absolute atomic E-state index is 11.7. The van der Waals surface area contributed by atoms with Crippen molar-refractivity contribution < 1.29 is 9.53 Å². The van der Waals surface area contributed by atoms with Gasteiger partial charge in [-0.05, 0) is 19.3 Å². The standard InChI is InChI=1S/C12H23N3O2.ClH/c1-10(13)12(16)15-5-3-14(4-6-15)8-11-2-7-17-9-11;/h10-11H,2-9,13H2,1H3;1H. The van der Waals surface area contributed by atoms with Crippen molar-refractivity contribution in [3.63, 3.8) is 0 Å². The van der Waals surface area contributed by atoms with Gasteiger partial charge in [-0.25, -0.2) is 0 Å². The summed E-state index contributed by atoms with van der Waals surface area (Å²) in [6.45, 7) is 8.24. The Morgan fingerprint density at radius 3 is 2.56 bits per heavy atom. The highest BCUT2D eigenvalue weighted by Gasteiger charge is 2.25. The molecule has 2 heterocycles. The van der Waals surface area contributed by atoms with Crippen LogP contribution in [0.3, 0.4) is 0 Å². The van der Waals surface area contributed by atoms with E-state index in [2.05, 4.69) is 4.90 Å². The number of carbonyl (C=O) groups excluding carboxylic acids is 1. The smallest absolute Gasteiger partial charge is 0.239 e. The van der Waals surface area contributed by atoms with Crippen LogP contribution in [0.1, 0.15) is 13.3 Å². The number of hydrogen-bond acceptors (Lipinski definition) is 4. The zero-order valence-corrected chi connectivity index (χ0v) is 11.8. The molecule has 0 bridgehead atoms. The number of halogens is 1. The molecule has 2 rings (SSSR count). The zero-order valence-electron chi connectivity index (χ0n) is 11.0. The zero-order chi connectivity index (χ0) is 12.3. The Labute approximate surface area is 115 Å². The molecule has 0 aromatic rings. The van der Waals surface area contributed by atoms with Crippen LogP contribution in [-0.4, -0.2) is 67.7 Å². The monoisotopic (exact) mass is 277 g/mol. The molecular weight excluding hydrogens is 254 g/mol. The molecule has 2 atom stereocenters. The molecule has 5 nitrogen and oxygen atoms in total. The number of rotatable bonds is 3. The van der Waals surface area contributed by atoms with Crippen LogP contribution >= 0.6 is 12.4 Å². The summed E-state index contributed by atoms with van der Waals surface area (Å²) in [4.78, 5) is 16.0. The number of nitrogens with zero attached hydrogens (tertiary/aromatic N) is 2. The van der Waals surface area contributed by atoms with Gasteiger partial charge in [0.15, 0.2) is 0 Å². The normalized spacial score (nSPS) is 26.8. The fraction of sp³-hybridized carbons (Fsp3) is 0.917. The fourth-order valence-electron chi connectivity index (χ4n) is 2.53. The molecule has 0 aromatic carbocycles. The Balaban J connectivity index is 0.00000162. The largest absolute Gasteiger partial charge is 0.381 e. The molecule has 2 fully saturated rings. The Kier molecular flexibility index (Phi) is 6.35. The number of amides is 1. The van der Waals surface area contributed by atoms with Gasteiger partial charge in [0.05, 0.1) is 12.6 Å². The summed E-state index contributed by atoms with van der Waals surface area (Å²) in [5.41, 5.74) is 5.61. The second kappa shape index (κ2) is 7.28. The average Bonchev–Trinajstić information content (AvgIpc) is 2.82. The molecule has 0 saturated carbocycles. The molecule has 2 aliphatic rings. The first-order valence-electron chi connectivity index (χ1n) is 6.51. The van der Waals surface area contributed by atoms with Gasteiger partial charge in [0.25, 0.3) is 0 Å². The Morgan fingerprint density at radius 2 is 2.06 bits per heavy atom. The third kappa shape index (κ3) is 4.09. The van der Waals surface area contributed by atoms with Gasteiger partial charge in [-0.1, -0.05) is 0 Å². The van der Waals surface area contributed by atoms with E-state index in [0.29, 0.717) is 5.92 Å². The van der Waals surface area contributed by atoms with Crippen molar-refractivity contribution in [3.8, 4) is 0 Å². The molecule has 0 radical (unpaired) electrons. The first kappa shape index (κ1) is 15.7. The summed E-state index contributed by atoms with van der Waals surface area (Å²) in [7, 11) is 0. The molecule has 0 aromatic heterocycles. The lowest BCUT2D eigenvalue weighted by molar-refractivity contribution is -0.134. The lowest BCUT2D eigenvalue weighted by atomic mass is 10.1. The lowest BCUT2D eigenvalue weighted by Crippen LogP contribution is -2.53. The van der Waals surface area contributed by atoms with Crippen molar-refractivity contribution in [2.24, 2.45) is 11.7 Å². The second-order valence-electron chi connectivity index (χ2n) is 5.14. The van der Waals surface area contributed by atoms with E-state index in [0.717, 1.165) is 45.9 Å². The second-order valence-corrected chi connectivity index (χ2v) is 5.14. The molecule has 106 valence electrons. The van der Waals surface area contributed by atoms with Gasteiger partial charge in [0.2, 0.25) is 5.91 Å². The Hall–Kier alpha value is -0.360. The molecule has 2 saturated heterocycles. The van der Waals surface area contributed by atoms with Crippen molar-refractivity contribution in [2.75, 3.05) is 45.9 Å². The summed E-state index contributed by atoms with van der Waals surface area (Å²) in [6, 6.07) is -0.371. The Morgan fingerprint density at radius 1 is 1.39 bits per heavy atom. The third-order valence-corrected chi connectivity index (χ3v) is 3.61. The molecule has 2 N–H and O–H groups in total. The van der Waals surface area contributed by atoms with Crippen molar-refractivity contribution in [3.05, 3.63) is 0 Å². The van der Waals surface area contributed by atoms with Crippen molar-refractivity contribution in [2.45, 2.75) is 19.4 Å². The van der Waals surface area contributed by atoms with Crippen molar-refractivity contribution in [1.29, 1.82) is 0 Å². The highest BCUT2D eigenvalue weighted by Crippen LogP contribution is 2.15. The van der Waals surface area contributed by atoms with E-state index < -0.39 is 0 Å². The van der Waals surface area contributed by atoms with E-state index in [4.69, 9.17) is 10.5 Å². The van der Waals surface area contributed by atoms with Crippen LogP contribution in [0.2, 0.25) is 0 Å². The Bertz CT molecular complexity index is 262. The van der Waals surface area contributed by atoms with Crippen LogP contribution in [0, 0.1) is 5.92 Å². The van der Waals surface area contributed by atoms with E-state index in [9.17, 15) is 4.79 Å². The van der Waals surface area contributed by atoms with E-state index in [-0.39, 0.29) is 24.4 Å². The highest BCUT2D eigenvalue weighted by atomic mass is 35.5. The SMILES string of the molecule is CC(N)C(=O)N1CCN(CC2CCOC2)CC1.Cl. The molecule has 18 heavy (non-hydrogen) atoms. The molecule has 0 aliphatic carbocycles. The van der Waals surface area contributed by atoms with Gasteiger partial charge in [0.1, 0.15) is 0 Å². The maximum atomic E-state index is 11.7. The summed E-state index contributed by atoms with van der Waals surface area (Å²) in [5, 5.41) is 0. The van der Waals surface area contributed by atoms with Crippen LogP contribution in [0.4, 0.5) is 0 Å². The van der Waals surface area contributed by atoms with Gasteiger partial charge in [-0.15, -0.1) is 12.4 Å². The third-order valence-electron chi connectivity index (χ3n) is 3.61. The predicted molar refractivity (Wildman–Crippen MR) is 72.8 cm³/mol. The average molecular weight is 278 g/mol. The predicted octanol–water partition coefficient (Wildman–Crippen LogP) is -0.0639. The summed E-state index contributed by atoms with van der Waals surface area (Å²) in [6.07, 6.45) is 1.18.